The lowest BCUT2D eigenvalue weighted by atomic mass is 9.99. The molecular weight excluding hydrogens is 272 g/mol. The maximum Gasteiger partial charge on any atom is 0.229 e. The van der Waals surface area contributed by atoms with E-state index in [-0.39, 0.29) is 5.91 Å². The highest BCUT2D eigenvalue weighted by molar-refractivity contribution is 6.04. The highest BCUT2D eigenvalue weighted by atomic mass is 16.1. The summed E-state index contributed by atoms with van der Waals surface area (Å²) in [6, 6.07) is 18.7. The van der Waals surface area contributed by atoms with Crippen molar-refractivity contribution in [3.63, 3.8) is 0 Å². The van der Waals surface area contributed by atoms with Crippen molar-refractivity contribution in [3.8, 4) is 11.4 Å². The fourth-order valence-corrected chi connectivity index (χ4v) is 2.92. The second-order valence-corrected chi connectivity index (χ2v) is 5.37. The number of rotatable bonds is 1. The Kier molecular flexibility index (Phi) is 2.79. The molecular formula is C19H14N2O. The topological polar surface area (TPSA) is 34.9 Å². The van der Waals surface area contributed by atoms with Crippen LogP contribution in [0.1, 0.15) is 11.7 Å². The van der Waals surface area contributed by atoms with Crippen LogP contribution in [0.3, 0.4) is 0 Å². The second-order valence-electron chi connectivity index (χ2n) is 5.37. The minimum atomic E-state index is -0.0368. The molecule has 22 heavy (non-hydrogen) atoms. The fraction of sp³-hybridized carbons (Fsp3) is 0.0526. The normalized spacial score (nSPS) is 11.1. The van der Waals surface area contributed by atoms with E-state index in [4.69, 9.17) is 0 Å². The lowest BCUT2D eigenvalue weighted by molar-refractivity contribution is 0.0938. The third-order valence-electron chi connectivity index (χ3n) is 3.97. The van der Waals surface area contributed by atoms with Crippen LogP contribution in [0.2, 0.25) is 0 Å². The van der Waals surface area contributed by atoms with Crippen LogP contribution in [-0.2, 0) is 0 Å². The smallest absolute Gasteiger partial charge is 0.229 e. The Bertz CT molecular complexity index is 1010. The molecule has 3 heteroatoms. The number of carbonyl (C=O) groups excluding carboxylic acids is 1. The molecule has 3 aromatic carbocycles. The van der Waals surface area contributed by atoms with Crippen molar-refractivity contribution >= 4 is 27.5 Å². The standard InChI is InChI=1S/C19H14N2O/c1-13(22)21-10-9-20-19(21)17-8-4-7-16-11-14-5-2-3-6-15(14)12-18(16)17/h2-12H,1H3. The molecule has 4 aromatic rings. The van der Waals surface area contributed by atoms with Gasteiger partial charge in [-0.1, -0.05) is 42.5 Å². The molecule has 0 atom stereocenters. The van der Waals surface area contributed by atoms with E-state index in [2.05, 4.69) is 35.3 Å². The largest absolute Gasteiger partial charge is 0.274 e. The third kappa shape index (κ3) is 1.91. The Morgan fingerprint density at radius 1 is 0.955 bits per heavy atom. The van der Waals surface area contributed by atoms with Gasteiger partial charge in [0, 0.05) is 24.9 Å². The van der Waals surface area contributed by atoms with Gasteiger partial charge in [0.2, 0.25) is 5.91 Å². The molecule has 4 rings (SSSR count). The first kappa shape index (κ1) is 12.8. The third-order valence-corrected chi connectivity index (χ3v) is 3.97. The van der Waals surface area contributed by atoms with Gasteiger partial charge in [0.15, 0.2) is 0 Å². The molecule has 0 aliphatic heterocycles. The van der Waals surface area contributed by atoms with E-state index < -0.39 is 0 Å². The van der Waals surface area contributed by atoms with Crippen LogP contribution in [0.25, 0.3) is 32.9 Å². The van der Waals surface area contributed by atoms with Gasteiger partial charge in [-0.25, -0.2) is 4.98 Å². The number of nitrogens with zero attached hydrogens (tertiary/aromatic N) is 2. The molecule has 0 bridgehead atoms. The number of carbonyl (C=O) groups is 1. The molecule has 106 valence electrons. The van der Waals surface area contributed by atoms with Gasteiger partial charge in [-0.2, -0.15) is 0 Å². The Morgan fingerprint density at radius 3 is 2.45 bits per heavy atom. The zero-order valence-electron chi connectivity index (χ0n) is 12.2. The molecule has 0 saturated heterocycles. The monoisotopic (exact) mass is 286 g/mol. The van der Waals surface area contributed by atoms with Crippen molar-refractivity contribution in [2.75, 3.05) is 0 Å². The summed E-state index contributed by atoms with van der Waals surface area (Å²) in [7, 11) is 0. The van der Waals surface area contributed by atoms with Crippen LogP contribution in [-0.4, -0.2) is 15.5 Å². The molecule has 0 N–H and O–H groups in total. The highest BCUT2D eigenvalue weighted by Gasteiger charge is 2.12. The van der Waals surface area contributed by atoms with Gasteiger partial charge in [-0.05, 0) is 33.7 Å². The van der Waals surface area contributed by atoms with Gasteiger partial charge in [0.1, 0.15) is 5.82 Å². The van der Waals surface area contributed by atoms with Crippen LogP contribution < -0.4 is 0 Å². The Balaban J connectivity index is 2.07. The van der Waals surface area contributed by atoms with Crippen LogP contribution in [0, 0.1) is 0 Å². The summed E-state index contributed by atoms with van der Waals surface area (Å²) >= 11 is 0. The Hall–Kier alpha value is -2.94. The molecule has 0 spiro atoms. The van der Waals surface area contributed by atoms with Gasteiger partial charge < -0.3 is 0 Å². The fourth-order valence-electron chi connectivity index (χ4n) is 2.92. The Morgan fingerprint density at radius 2 is 1.68 bits per heavy atom. The lowest BCUT2D eigenvalue weighted by Crippen LogP contribution is -2.06. The van der Waals surface area contributed by atoms with E-state index in [1.807, 2.05) is 24.3 Å². The average Bonchev–Trinajstić information content (AvgIpc) is 3.02. The molecule has 0 radical (unpaired) electrons. The van der Waals surface area contributed by atoms with Gasteiger partial charge in [0.05, 0.1) is 0 Å². The van der Waals surface area contributed by atoms with E-state index >= 15 is 0 Å². The summed E-state index contributed by atoms with van der Waals surface area (Å²) in [5, 5.41) is 4.65. The zero-order chi connectivity index (χ0) is 15.1. The predicted octanol–water partition coefficient (Wildman–Crippen LogP) is 4.52. The molecule has 0 fully saturated rings. The van der Waals surface area contributed by atoms with Gasteiger partial charge >= 0.3 is 0 Å². The van der Waals surface area contributed by atoms with Crippen molar-refractivity contribution in [1.29, 1.82) is 0 Å². The van der Waals surface area contributed by atoms with E-state index in [1.165, 1.54) is 10.8 Å². The number of benzene rings is 3. The van der Waals surface area contributed by atoms with Crippen molar-refractivity contribution in [2.24, 2.45) is 0 Å². The summed E-state index contributed by atoms with van der Waals surface area (Å²) in [6.45, 7) is 1.55. The van der Waals surface area contributed by atoms with Gasteiger partial charge in [-0.15, -0.1) is 0 Å². The van der Waals surface area contributed by atoms with E-state index in [0.29, 0.717) is 5.82 Å². The molecule has 0 aliphatic rings. The van der Waals surface area contributed by atoms with Gasteiger partial charge in [-0.3, -0.25) is 9.36 Å². The second kappa shape index (κ2) is 4.81. The quantitative estimate of drug-likeness (QED) is 0.482. The zero-order valence-corrected chi connectivity index (χ0v) is 12.2. The lowest BCUT2D eigenvalue weighted by Gasteiger charge is -2.09. The molecule has 0 aliphatic carbocycles. The molecule has 0 saturated carbocycles. The van der Waals surface area contributed by atoms with E-state index in [0.717, 1.165) is 16.3 Å². The van der Waals surface area contributed by atoms with Crippen LogP contribution in [0.15, 0.2) is 67.0 Å². The van der Waals surface area contributed by atoms with Crippen LogP contribution in [0.5, 0.6) is 0 Å². The minimum absolute atomic E-state index is 0.0368. The maximum absolute atomic E-state index is 11.8. The first-order valence-corrected chi connectivity index (χ1v) is 7.20. The number of hydrogen-bond donors (Lipinski definition) is 0. The molecule has 1 aromatic heterocycles. The summed E-state index contributed by atoms with van der Waals surface area (Å²) in [5.74, 6) is 0.652. The number of hydrogen-bond acceptors (Lipinski definition) is 2. The summed E-state index contributed by atoms with van der Waals surface area (Å²) in [5.41, 5.74) is 0.975. The van der Waals surface area contributed by atoms with Crippen molar-refractivity contribution in [3.05, 3.63) is 67.0 Å². The number of fused-ring (bicyclic) bond motifs is 2. The first-order valence-electron chi connectivity index (χ1n) is 7.20. The molecule has 0 unspecified atom stereocenters. The summed E-state index contributed by atoms with van der Waals surface area (Å²) in [4.78, 5) is 16.2. The predicted molar refractivity (Wildman–Crippen MR) is 89.0 cm³/mol. The van der Waals surface area contributed by atoms with Crippen molar-refractivity contribution < 1.29 is 4.79 Å². The molecule has 0 amide bonds. The van der Waals surface area contributed by atoms with E-state index in [1.54, 1.807) is 23.9 Å². The van der Waals surface area contributed by atoms with Crippen LogP contribution >= 0.6 is 0 Å². The summed E-state index contributed by atoms with van der Waals surface area (Å²) < 4.78 is 1.59. The average molecular weight is 286 g/mol. The maximum atomic E-state index is 11.8. The SMILES string of the molecule is CC(=O)n1ccnc1-c1cccc2cc3ccccc3cc12. The molecule has 3 nitrogen and oxygen atoms in total. The van der Waals surface area contributed by atoms with Crippen molar-refractivity contribution in [1.82, 2.24) is 9.55 Å². The van der Waals surface area contributed by atoms with E-state index in [9.17, 15) is 4.79 Å². The first-order chi connectivity index (χ1) is 10.7. The number of aromatic nitrogens is 2. The van der Waals surface area contributed by atoms with Crippen molar-refractivity contribution in [2.45, 2.75) is 6.92 Å². The Labute approximate surface area is 127 Å². The highest BCUT2D eigenvalue weighted by Crippen LogP contribution is 2.31. The number of imidazole rings is 1. The molecule has 1 heterocycles. The summed E-state index contributed by atoms with van der Waals surface area (Å²) in [6.07, 6.45) is 3.37. The van der Waals surface area contributed by atoms with Crippen LogP contribution in [0.4, 0.5) is 0 Å². The minimum Gasteiger partial charge on any atom is -0.274 e. The van der Waals surface area contributed by atoms with Gasteiger partial charge in [0.25, 0.3) is 0 Å².